The van der Waals surface area contributed by atoms with Crippen molar-refractivity contribution < 1.29 is 4.74 Å². The van der Waals surface area contributed by atoms with Gasteiger partial charge in [-0.2, -0.15) is 0 Å². The van der Waals surface area contributed by atoms with Gasteiger partial charge in [0.15, 0.2) is 0 Å². The number of hydrogen-bond donors (Lipinski definition) is 1. The van der Waals surface area contributed by atoms with Gasteiger partial charge in [0, 0.05) is 23.3 Å². The van der Waals surface area contributed by atoms with Crippen LogP contribution < -0.4 is 10.1 Å². The lowest BCUT2D eigenvalue weighted by Gasteiger charge is -2.33. The van der Waals surface area contributed by atoms with Crippen molar-refractivity contribution in [3.05, 3.63) is 58.6 Å². The van der Waals surface area contributed by atoms with Crippen LogP contribution >= 0.6 is 11.6 Å². The number of nitrogens with zero attached hydrogens (tertiary/aromatic N) is 1. The molecule has 0 amide bonds. The molecule has 1 saturated heterocycles. The maximum atomic E-state index is 6.38. The third kappa shape index (κ3) is 3.99. The van der Waals surface area contributed by atoms with Gasteiger partial charge >= 0.3 is 0 Å². The summed E-state index contributed by atoms with van der Waals surface area (Å²) in [5.41, 5.74) is 4.00. The molecule has 3 nitrogen and oxygen atoms in total. The first kappa shape index (κ1) is 17.7. The molecule has 2 aliphatic rings. The Hall–Kier alpha value is -1.71. The van der Waals surface area contributed by atoms with Gasteiger partial charge in [0.1, 0.15) is 5.75 Å². The second-order valence-corrected chi connectivity index (χ2v) is 8.02. The van der Waals surface area contributed by atoms with Crippen molar-refractivity contribution in [2.75, 3.05) is 32.1 Å². The highest BCUT2D eigenvalue weighted by Crippen LogP contribution is 2.30. The molecule has 0 saturated carbocycles. The molecular weight excluding hydrogens is 344 g/mol. The summed E-state index contributed by atoms with van der Waals surface area (Å²) in [5, 5.41) is 4.54. The lowest BCUT2D eigenvalue weighted by molar-refractivity contribution is 0.178. The molecule has 1 N–H and O–H groups in total. The topological polar surface area (TPSA) is 24.5 Å². The van der Waals surface area contributed by atoms with Crippen molar-refractivity contribution in [1.29, 1.82) is 0 Å². The monoisotopic (exact) mass is 370 g/mol. The van der Waals surface area contributed by atoms with E-state index in [1.807, 2.05) is 12.1 Å². The minimum Gasteiger partial charge on any atom is -0.497 e. The molecule has 4 rings (SSSR count). The van der Waals surface area contributed by atoms with E-state index in [-0.39, 0.29) is 0 Å². The zero-order chi connectivity index (χ0) is 17.9. The Balaban J connectivity index is 1.27. The summed E-state index contributed by atoms with van der Waals surface area (Å²) in [4.78, 5) is 2.62. The summed E-state index contributed by atoms with van der Waals surface area (Å²) in [6, 6.07) is 15.2. The van der Waals surface area contributed by atoms with Crippen LogP contribution in [0.3, 0.4) is 0 Å². The molecule has 26 heavy (non-hydrogen) atoms. The average Bonchev–Trinajstić information content (AvgIpc) is 3.07. The van der Waals surface area contributed by atoms with Crippen LogP contribution in [-0.4, -0.2) is 37.7 Å². The van der Waals surface area contributed by atoms with Gasteiger partial charge in [0.2, 0.25) is 0 Å². The number of anilines is 1. The highest BCUT2D eigenvalue weighted by molar-refractivity contribution is 6.31. The minimum atomic E-state index is 0.553. The number of nitrogens with one attached hydrogen (secondary N) is 1. The fraction of sp³-hybridized carbons (Fsp3) is 0.455. The van der Waals surface area contributed by atoms with Gasteiger partial charge < -0.3 is 15.0 Å². The first-order valence-electron chi connectivity index (χ1n) is 9.60. The molecule has 2 aliphatic heterocycles. The van der Waals surface area contributed by atoms with Crippen LogP contribution in [0, 0.1) is 5.92 Å². The van der Waals surface area contributed by atoms with Crippen molar-refractivity contribution in [3.8, 4) is 5.75 Å². The fourth-order valence-corrected chi connectivity index (χ4v) is 4.51. The van der Waals surface area contributed by atoms with Crippen molar-refractivity contribution in [2.24, 2.45) is 5.92 Å². The van der Waals surface area contributed by atoms with Gasteiger partial charge in [-0.3, -0.25) is 0 Å². The van der Waals surface area contributed by atoms with E-state index in [1.54, 1.807) is 7.11 Å². The van der Waals surface area contributed by atoms with Crippen LogP contribution in [0.1, 0.15) is 24.0 Å². The smallest absolute Gasteiger partial charge is 0.119 e. The molecule has 0 aromatic heterocycles. The van der Waals surface area contributed by atoms with E-state index in [2.05, 4.69) is 40.5 Å². The van der Waals surface area contributed by atoms with Crippen molar-refractivity contribution in [2.45, 2.75) is 31.7 Å². The predicted octanol–water partition coefficient (Wildman–Crippen LogP) is 4.64. The second-order valence-electron chi connectivity index (χ2n) is 7.61. The van der Waals surface area contributed by atoms with Gasteiger partial charge in [-0.1, -0.05) is 29.8 Å². The largest absolute Gasteiger partial charge is 0.497 e. The molecule has 0 aliphatic carbocycles. The van der Waals surface area contributed by atoms with Crippen LogP contribution in [0.25, 0.3) is 0 Å². The van der Waals surface area contributed by atoms with Gasteiger partial charge in [-0.05, 0) is 80.1 Å². The number of para-hydroxylation sites is 1. The van der Waals surface area contributed by atoms with Crippen molar-refractivity contribution >= 4 is 17.3 Å². The standard InChI is InChI=1S/C22H27ClN2O/c1-26-20-6-7-21(23)18(14-20)12-16-8-10-25(11-9-16)15-19-13-17-4-2-3-5-22(17)24-19/h2-7,14,16,19,24H,8-13,15H2,1H3. The first-order valence-corrected chi connectivity index (χ1v) is 9.98. The Morgan fingerprint density at radius 1 is 1.15 bits per heavy atom. The molecule has 0 spiro atoms. The second kappa shape index (κ2) is 7.89. The summed E-state index contributed by atoms with van der Waals surface area (Å²) < 4.78 is 5.34. The third-order valence-corrected chi connectivity index (χ3v) is 6.16. The van der Waals surface area contributed by atoms with E-state index in [9.17, 15) is 0 Å². The molecule has 4 heteroatoms. The fourth-order valence-electron chi connectivity index (χ4n) is 4.32. The zero-order valence-corrected chi connectivity index (χ0v) is 16.1. The van der Waals surface area contributed by atoms with E-state index >= 15 is 0 Å². The average molecular weight is 371 g/mol. The van der Waals surface area contributed by atoms with Crippen molar-refractivity contribution in [3.63, 3.8) is 0 Å². The van der Waals surface area contributed by atoms with E-state index in [0.29, 0.717) is 12.0 Å². The van der Waals surface area contributed by atoms with Gasteiger partial charge in [-0.25, -0.2) is 0 Å². The van der Waals surface area contributed by atoms with Gasteiger partial charge in [-0.15, -0.1) is 0 Å². The normalized spacial score (nSPS) is 20.6. The number of fused-ring (bicyclic) bond motifs is 1. The summed E-state index contributed by atoms with van der Waals surface area (Å²) in [7, 11) is 1.71. The number of benzene rings is 2. The molecule has 2 aromatic rings. The summed E-state index contributed by atoms with van der Waals surface area (Å²) in [5.74, 6) is 1.61. The quantitative estimate of drug-likeness (QED) is 0.829. The Kier molecular flexibility index (Phi) is 5.37. The van der Waals surface area contributed by atoms with Crippen LogP contribution in [0.5, 0.6) is 5.75 Å². The molecule has 1 atom stereocenters. The Morgan fingerprint density at radius 3 is 2.73 bits per heavy atom. The Morgan fingerprint density at radius 2 is 1.96 bits per heavy atom. The predicted molar refractivity (Wildman–Crippen MR) is 108 cm³/mol. The summed E-state index contributed by atoms with van der Waals surface area (Å²) >= 11 is 6.38. The van der Waals surface area contributed by atoms with Gasteiger partial charge in [0.05, 0.1) is 7.11 Å². The number of likely N-dealkylation sites (tertiary alicyclic amines) is 1. The molecule has 1 unspecified atom stereocenters. The van der Waals surface area contributed by atoms with E-state index < -0.39 is 0 Å². The Bertz CT molecular complexity index is 731. The van der Waals surface area contributed by atoms with E-state index in [1.165, 1.54) is 42.7 Å². The Labute approximate surface area is 161 Å². The van der Waals surface area contributed by atoms with Crippen LogP contribution in [0.15, 0.2) is 42.5 Å². The highest BCUT2D eigenvalue weighted by atomic mass is 35.5. The maximum Gasteiger partial charge on any atom is 0.119 e. The van der Waals surface area contributed by atoms with Crippen LogP contribution in [0.4, 0.5) is 5.69 Å². The SMILES string of the molecule is COc1ccc(Cl)c(CC2CCN(CC3Cc4ccccc4N3)CC2)c1. The van der Waals surface area contributed by atoms with Gasteiger partial charge in [0.25, 0.3) is 0 Å². The van der Waals surface area contributed by atoms with Crippen LogP contribution in [-0.2, 0) is 12.8 Å². The third-order valence-electron chi connectivity index (χ3n) is 5.79. The molecule has 1 fully saturated rings. The van der Waals surface area contributed by atoms with Crippen molar-refractivity contribution in [1.82, 2.24) is 4.90 Å². The number of rotatable bonds is 5. The lowest BCUT2D eigenvalue weighted by atomic mass is 9.90. The molecule has 2 aromatic carbocycles. The maximum absolute atomic E-state index is 6.38. The lowest BCUT2D eigenvalue weighted by Crippen LogP contribution is -2.41. The molecule has 0 bridgehead atoms. The molecule has 138 valence electrons. The minimum absolute atomic E-state index is 0.553. The molecular formula is C22H27ClN2O. The number of methoxy groups -OCH3 is 1. The highest BCUT2D eigenvalue weighted by Gasteiger charge is 2.25. The summed E-state index contributed by atoms with van der Waals surface area (Å²) in [6.45, 7) is 3.50. The number of piperidine rings is 1. The van der Waals surface area contributed by atoms with E-state index in [0.717, 1.165) is 30.2 Å². The number of halogens is 1. The molecule has 2 heterocycles. The number of hydrogen-bond acceptors (Lipinski definition) is 3. The van der Waals surface area contributed by atoms with E-state index in [4.69, 9.17) is 16.3 Å². The zero-order valence-electron chi connectivity index (χ0n) is 15.4. The first-order chi connectivity index (χ1) is 12.7. The van der Waals surface area contributed by atoms with Crippen LogP contribution in [0.2, 0.25) is 5.02 Å². The molecule has 0 radical (unpaired) electrons. The number of ether oxygens (including phenoxy) is 1. The summed E-state index contributed by atoms with van der Waals surface area (Å²) in [6.07, 6.45) is 4.69.